The Labute approximate surface area is 123 Å². The van der Waals surface area contributed by atoms with E-state index < -0.39 is 28.0 Å². The van der Waals surface area contributed by atoms with Crippen LogP contribution in [0.25, 0.3) is 0 Å². The zero-order chi connectivity index (χ0) is 14.9. The van der Waals surface area contributed by atoms with Crippen molar-refractivity contribution in [2.75, 3.05) is 18.7 Å². The van der Waals surface area contributed by atoms with E-state index in [9.17, 15) is 18.0 Å². The molecule has 0 unspecified atom stereocenters. The number of hydrogen-bond acceptors (Lipinski definition) is 7. The number of carboxylic acid groups (broad SMARTS) is 1. The fourth-order valence-corrected chi connectivity index (χ4v) is 6.17. The normalized spacial score (nSPS) is 19.9. The average Bonchev–Trinajstić information content (AvgIpc) is 3.06. The lowest BCUT2D eigenvalue weighted by Crippen LogP contribution is -2.41. The van der Waals surface area contributed by atoms with E-state index in [2.05, 4.69) is 4.74 Å². The minimum absolute atomic E-state index is 0.0476. The number of hydrogen-bond donors (Lipinski definition) is 1. The van der Waals surface area contributed by atoms with E-state index in [0.29, 0.717) is 0 Å². The van der Waals surface area contributed by atoms with E-state index in [0.717, 1.165) is 22.8 Å². The zero-order valence-corrected chi connectivity index (χ0v) is 12.8. The van der Waals surface area contributed by atoms with Crippen molar-refractivity contribution in [3.8, 4) is 0 Å². The standard InChI is InChI=1S/C10H11NO6S3/c1-17-10(14)8-7(2-3-19-8)20(15,16)11-5-18-4-6(11)9(12)13/h2-3,6H,4-5H2,1H3,(H,12,13)/t6-/m0/s1. The van der Waals surface area contributed by atoms with Gasteiger partial charge in [-0.1, -0.05) is 0 Å². The van der Waals surface area contributed by atoms with Crippen molar-refractivity contribution in [3.05, 3.63) is 16.3 Å². The molecule has 0 bridgehead atoms. The van der Waals surface area contributed by atoms with E-state index >= 15 is 0 Å². The Morgan fingerprint density at radius 1 is 1.50 bits per heavy atom. The van der Waals surface area contributed by atoms with E-state index in [1.165, 1.54) is 23.2 Å². The molecule has 0 spiro atoms. The van der Waals surface area contributed by atoms with Crippen molar-refractivity contribution in [1.29, 1.82) is 0 Å². The summed E-state index contributed by atoms with van der Waals surface area (Å²) in [6.45, 7) is 0. The molecule has 0 aromatic carbocycles. The van der Waals surface area contributed by atoms with Gasteiger partial charge in [0.05, 0.1) is 13.0 Å². The van der Waals surface area contributed by atoms with Crippen LogP contribution in [0.3, 0.4) is 0 Å². The summed E-state index contributed by atoms with van der Waals surface area (Å²) in [4.78, 5) is 22.4. The number of esters is 1. The topological polar surface area (TPSA) is 101 Å². The molecule has 1 saturated heterocycles. The second-order valence-corrected chi connectivity index (χ2v) is 7.63. The van der Waals surface area contributed by atoms with Crippen molar-refractivity contribution in [2.24, 2.45) is 0 Å². The van der Waals surface area contributed by atoms with E-state index in [-0.39, 0.29) is 21.4 Å². The maximum Gasteiger partial charge on any atom is 0.349 e. The van der Waals surface area contributed by atoms with Crippen LogP contribution in [-0.4, -0.2) is 54.5 Å². The molecule has 1 atom stereocenters. The summed E-state index contributed by atoms with van der Waals surface area (Å²) >= 11 is 2.16. The van der Waals surface area contributed by atoms with Crippen LogP contribution in [0.1, 0.15) is 9.67 Å². The lowest BCUT2D eigenvalue weighted by atomic mass is 10.4. The monoisotopic (exact) mass is 337 g/mol. The summed E-state index contributed by atoms with van der Waals surface area (Å²) < 4.78 is 30.4. The molecule has 0 aliphatic carbocycles. The number of carbonyl (C=O) groups is 2. The van der Waals surface area contributed by atoms with Crippen LogP contribution >= 0.6 is 23.1 Å². The fraction of sp³-hybridized carbons (Fsp3) is 0.400. The Morgan fingerprint density at radius 3 is 2.80 bits per heavy atom. The second kappa shape index (κ2) is 5.72. The summed E-state index contributed by atoms with van der Waals surface area (Å²) in [5, 5.41) is 10.5. The van der Waals surface area contributed by atoms with Crippen LogP contribution in [0.4, 0.5) is 0 Å². The van der Waals surface area contributed by atoms with Gasteiger partial charge in [0.15, 0.2) is 0 Å². The number of methoxy groups -OCH3 is 1. The molecule has 0 radical (unpaired) electrons. The molecule has 1 aliphatic heterocycles. The highest BCUT2D eigenvalue weighted by atomic mass is 32.2. The number of rotatable bonds is 4. The van der Waals surface area contributed by atoms with E-state index in [1.807, 2.05) is 0 Å². The molecule has 0 amide bonds. The summed E-state index contributed by atoms with van der Waals surface area (Å²) in [6.07, 6.45) is 0. The molecule has 0 saturated carbocycles. The summed E-state index contributed by atoms with van der Waals surface area (Å²) in [7, 11) is -2.88. The molecule has 1 aliphatic rings. The van der Waals surface area contributed by atoms with Crippen molar-refractivity contribution in [2.45, 2.75) is 10.9 Å². The Balaban J connectivity index is 2.43. The number of sulfonamides is 1. The average molecular weight is 337 g/mol. The highest BCUT2D eigenvalue weighted by Gasteiger charge is 2.41. The molecule has 10 heteroatoms. The maximum atomic E-state index is 12.5. The van der Waals surface area contributed by atoms with Gasteiger partial charge in [0, 0.05) is 5.75 Å². The molecule has 20 heavy (non-hydrogen) atoms. The van der Waals surface area contributed by atoms with Crippen LogP contribution < -0.4 is 0 Å². The second-order valence-electron chi connectivity index (χ2n) is 3.85. The number of carbonyl (C=O) groups excluding carboxylic acids is 1. The SMILES string of the molecule is COC(=O)c1sccc1S(=O)(=O)N1CSC[C@H]1C(=O)O. The van der Waals surface area contributed by atoms with Gasteiger partial charge in [-0.25, -0.2) is 13.2 Å². The lowest BCUT2D eigenvalue weighted by Gasteiger charge is -2.19. The molecule has 2 heterocycles. The molecule has 1 aromatic heterocycles. The van der Waals surface area contributed by atoms with Crippen LogP contribution in [0.15, 0.2) is 16.3 Å². The van der Waals surface area contributed by atoms with E-state index in [4.69, 9.17) is 5.11 Å². The lowest BCUT2D eigenvalue weighted by molar-refractivity contribution is -0.140. The van der Waals surface area contributed by atoms with Gasteiger partial charge in [0.2, 0.25) is 10.0 Å². The predicted molar refractivity (Wildman–Crippen MR) is 73.4 cm³/mol. The molecule has 110 valence electrons. The van der Waals surface area contributed by atoms with Gasteiger partial charge in [-0.3, -0.25) is 4.79 Å². The fourth-order valence-electron chi connectivity index (χ4n) is 1.73. The quantitative estimate of drug-likeness (QED) is 0.806. The highest BCUT2D eigenvalue weighted by Crippen LogP contribution is 2.32. The first-order valence-electron chi connectivity index (χ1n) is 5.37. The first-order chi connectivity index (χ1) is 9.39. The minimum Gasteiger partial charge on any atom is -0.480 e. The first kappa shape index (κ1) is 15.3. The Morgan fingerprint density at radius 2 is 2.20 bits per heavy atom. The number of carboxylic acids is 1. The maximum absolute atomic E-state index is 12.5. The van der Waals surface area contributed by atoms with E-state index in [1.54, 1.807) is 0 Å². The van der Waals surface area contributed by atoms with Crippen LogP contribution in [-0.2, 0) is 19.6 Å². The van der Waals surface area contributed by atoms with Gasteiger partial charge in [0.1, 0.15) is 15.8 Å². The Hall–Kier alpha value is -1.10. The van der Waals surface area contributed by atoms with Crippen LogP contribution in [0.5, 0.6) is 0 Å². The van der Waals surface area contributed by atoms with Crippen LogP contribution in [0.2, 0.25) is 0 Å². The van der Waals surface area contributed by atoms with Crippen molar-refractivity contribution in [3.63, 3.8) is 0 Å². The van der Waals surface area contributed by atoms with Crippen molar-refractivity contribution >= 4 is 45.1 Å². The van der Waals surface area contributed by atoms with Gasteiger partial charge in [-0.2, -0.15) is 4.31 Å². The third-order valence-corrected chi connectivity index (χ3v) is 6.81. The molecular weight excluding hydrogens is 326 g/mol. The first-order valence-corrected chi connectivity index (χ1v) is 8.85. The molecule has 1 N–H and O–H groups in total. The highest BCUT2D eigenvalue weighted by molar-refractivity contribution is 8.00. The number of thiophene rings is 1. The largest absolute Gasteiger partial charge is 0.480 e. The molecular formula is C10H11NO6S3. The number of aliphatic carboxylic acids is 1. The number of nitrogens with zero attached hydrogens (tertiary/aromatic N) is 1. The van der Waals surface area contributed by atoms with Gasteiger partial charge in [-0.05, 0) is 11.4 Å². The summed E-state index contributed by atoms with van der Waals surface area (Å²) in [6, 6.07) is 0.170. The van der Waals surface area contributed by atoms with Crippen molar-refractivity contribution in [1.82, 2.24) is 4.31 Å². The summed E-state index contributed by atoms with van der Waals surface area (Å²) in [5.74, 6) is -1.71. The molecule has 1 aromatic rings. The minimum atomic E-state index is -4.03. The smallest absolute Gasteiger partial charge is 0.349 e. The predicted octanol–water partition coefficient (Wildman–Crippen LogP) is 0.683. The Bertz CT molecular complexity index is 637. The molecule has 7 nitrogen and oxygen atoms in total. The number of thioether (sulfide) groups is 1. The van der Waals surface area contributed by atoms with Crippen molar-refractivity contribution < 1.29 is 27.9 Å². The third-order valence-electron chi connectivity index (χ3n) is 2.71. The third kappa shape index (κ3) is 2.55. The molecule has 2 rings (SSSR count). The number of ether oxygens (including phenoxy) is 1. The summed E-state index contributed by atoms with van der Waals surface area (Å²) in [5.41, 5.74) is 0. The van der Waals surface area contributed by atoms with Crippen LogP contribution in [0, 0.1) is 0 Å². The van der Waals surface area contributed by atoms with Gasteiger partial charge >= 0.3 is 11.9 Å². The molecule has 1 fully saturated rings. The van der Waals surface area contributed by atoms with Gasteiger partial charge in [0.25, 0.3) is 0 Å². The van der Waals surface area contributed by atoms with Gasteiger partial charge < -0.3 is 9.84 Å². The zero-order valence-electron chi connectivity index (χ0n) is 10.3. The van der Waals surface area contributed by atoms with Gasteiger partial charge in [-0.15, -0.1) is 23.1 Å². The Kier molecular flexibility index (Phi) is 4.37.